The van der Waals surface area contributed by atoms with E-state index in [0.29, 0.717) is 0 Å². The molecule has 0 rings (SSSR count). The molecule has 4 nitrogen and oxygen atoms in total. The molecule has 0 bridgehead atoms. The van der Waals surface area contributed by atoms with E-state index >= 15 is 0 Å². The van der Waals surface area contributed by atoms with Gasteiger partial charge in [0.25, 0.3) is 12.4 Å². The Morgan fingerprint density at radius 3 is 1.62 bits per heavy atom. The van der Waals surface area contributed by atoms with Crippen molar-refractivity contribution in [3.63, 3.8) is 0 Å². The molecule has 0 aliphatic rings. The molecule has 0 aromatic carbocycles. The zero-order valence-corrected chi connectivity index (χ0v) is 3.79. The summed E-state index contributed by atoms with van der Waals surface area (Å²) in [6, 6.07) is 0. The molecular weight excluding hydrogens is 107 g/mol. The molecule has 0 amide bonds. The Labute approximate surface area is 58.7 Å². The fraction of sp³-hybridized carbons (Fsp3) is 0.333. The number of rotatable bonds is 0. The van der Waals surface area contributed by atoms with Gasteiger partial charge in [-0.25, -0.2) is 0 Å². The van der Waals surface area contributed by atoms with Gasteiger partial charge in [-0.05, 0) is 0 Å². The molecule has 0 heterocycles. The van der Waals surface area contributed by atoms with E-state index < -0.39 is 5.97 Å². The third-order valence-electron chi connectivity index (χ3n) is 0. The average Bonchev–Trinajstić information content (AvgIpc) is 1.33. The van der Waals surface area contributed by atoms with Gasteiger partial charge in [-0.15, -0.1) is 0 Å². The van der Waals surface area contributed by atoms with E-state index in [1.165, 1.54) is 0 Å². The third-order valence-corrected chi connectivity index (χ3v) is 0. The SMILES string of the molecule is CC(=O)O.O=CO.[LiH]. The Kier molecular flexibility index (Phi) is 31.3. The Bertz CT molecular complexity index is 58.3. The number of hydrogen-bond acceptors (Lipinski definition) is 2. The van der Waals surface area contributed by atoms with Crippen molar-refractivity contribution in [1.29, 1.82) is 0 Å². The zero-order chi connectivity index (χ0) is 6.28. The minimum absolute atomic E-state index is 0. The fourth-order valence-corrected chi connectivity index (χ4v) is 0. The van der Waals surface area contributed by atoms with Crippen LogP contribution in [0.3, 0.4) is 0 Å². The van der Waals surface area contributed by atoms with E-state index in [1.807, 2.05) is 0 Å². The van der Waals surface area contributed by atoms with E-state index in [4.69, 9.17) is 19.8 Å². The van der Waals surface area contributed by atoms with Crippen LogP contribution in [0.1, 0.15) is 6.92 Å². The van der Waals surface area contributed by atoms with Crippen LogP contribution in [-0.2, 0) is 9.59 Å². The Balaban J connectivity index is -0.0000000575. The second-order valence-corrected chi connectivity index (χ2v) is 0.624. The van der Waals surface area contributed by atoms with Crippen LogP contribution >= 0.6 is 0 Å². The molecule has 0 unspecified atom stereocenters. The van der Waals surface area contributed by atoms with Crippen molar-refractivity contribution in [3.05, 3.63) is 0 Å². The van der Waals surface area contributed by atoms with Gasteiger partial charge in [0.05, 0.1) is 0 Å². The summed E-state index contributed by atoms with van der Waals surface area (Å²) in [7, 11) is 0. The van der Waals surface area contributed by atoms with Crippen molar-refractivity contribution in [2.24, 2.45) is 0 Å². The molecule has 0 fully saturated rings. The number of hydrogen-bond donors (Lipinski definition) is 2. The van der Waals surface area contributed by atoms with Crippen molar-refractivity contribution in [2.75, 3.05) is 0 Å². The molecule has 0 saturated carbocycles. The van der Waals surface area contributed by atoms with Crippen LogP contribution < -0.4 is 0 Å². The van der Waals surface area contributed by atoms with E-state index in [-0.39, 0.29) is 25.3 Å². The monoisotopic (exact) mass is 114 g/mol. The van der Waals surface area contributed by atoms with Crippen LogP contribution in [0.5, 0.6) is 0 Å². The summed E-state index contributed by atoms with van der Waals surface area (Å²) < 4.78 is 0. The van der Waals surface area contributed by atoms with Crippen LogP contribution in [0.25, 0.3) is 0 Å². The van der Waals surface area contributed by atoms with Crippen LogP contribution in [0.15, 0.2) is 0 Å². The molecule has 0 saturated heterocycles. The number of carboxylic acid groups (broad SMARTS) is 2. The molecule has 0 radical (unpaired) electrons. The topological polar surface area (TPSA) is 74.6 Å². The zero-order valence-electron chi connectivity index (χ0n) is 3.79. The fourth-order valence-electron chi connectivity index (χ4n) is 0. The third kappa shape index (κ3) is 533. The van der Waals surface area contributed by atoms with Gasteiger partial charge < -0.3 is 10.2 Å². The average molecular weight is 114 g/mol. The Morgan fingerprint density at radius 1 is 1.62 bits per heavy atom. The van der Waals surface area contributed by atoms with Gasteiger partial charge in [0.1, 0.15) is 0 Å². The molecule has 0 aliphatic carbocycles. The van der Waals surface area contributed by atoms with Crippen molar-refractivity contribution < 1.29 is 19.8 Å². The van der Waals surface area contributed by atoms with Crippen LogP contribution in [-0.4, -0.2) is 41.5 Å². The van der Waals surface area contributed by atoms with Crippen LogP contribution in [0, 0.1) is 0 Å². The van der Waals surface area contributed by atoms with Crippen LogP contribution in [0.2, 0.25) is 0 Å². The predicted molar refractivity (Wildman–Crippen MR) is 29.2 cm³/mol. The Hall–Kier alpha value is -0.463. The van der Waals surface area contributed by atoms with E-state index in [9.17, 15) is 0 Å². The second kappa shape index (κ2) is 16.0. The normalized spacial score (nSPS) is 4.62. The maximum absolute atomic E-state index is 9.00. The standard InChI is InChI=1S/C2H4O2.CH2O2.Li.H/c1-2(3)4;2-1-3;;/h1H3,(H,3,4);1H,(H,2,3);;. The molecule has 0 atom stereocenters. The molecule has 0 spiro atoms. The Morgan fingerprint density at radius 2 is 1.62 bits per heavy atom. The molecule has 0 aromatic rings. The van der Waals surface area contributed by atoms with E-state index in [0.717, 1.165) is 6.92 Å². The molecule has 2 N–H and O–H groups in total. The molecule has 8 heavy (non-hydrogen) atoms. The van der Waals surface area contributed by atoms with Gasteiger partial charge in [-0.2, -0.15) is 0 Å². The number of aliphatic carboxylic acids is 1. The van der Waals surface area contributed by atoms with Gasteiger partial charge in [-0.1, -0.05) is 0 Å². The summed E-state index contributed by atoms with van der Waals surface area (Å²) in [4.78, 5) is 17.4. The first-order chi connectivity index (χ1) is 3.15. The summed E-state index contributed by atoms with van der Waals surface area (Å²) in [6.07, 6.45) is 0. The van der Waals surface area contributed by atoms with Gasteiger partial charge in [-0.3, -0.25) is 9.59 Å². The van der Waals surface area contributed by atoms with Crippen molar-refractivity contribution >= 4 is 31.3 Å². The summed E-state index contributed by atoms with van der Waals surface area (Å²) in [5.41, 5.74) is 0. The van der Waals surface area contributed by atoms with Crippen LogP contribution in [0.4, 0.5) is 0 Å². The second-order valence-electron chi connectivity index (χ2n) is 0.624. The first-order valence-corrected chi connectivity index (χ1v) is 1.42. The quantitative estimate of drug-likeness (QED) is 0.317. The molecule has 44 valence electrons. The number of carbonyl (C=O) groups is 2. The summed E-state index contributed by atoms with van der Waals surface area (Å²) in [5.74, 6) is -0.833. The molecule has 0 aromatic heterocycles. The predicted octanol–water partition coefficient (Wildman–Crippen LogP) is -0.857. The van der Waals surface area contributed by atoms with Gasteiger partial charge in [0.2, 0.25) is 0 Å². The van der Waals surface area contributed by atoms with Crippen molar-refractivity contribution in [1.82, 2.24) is 0 Å². The minimum atomic E-state index is -0.833. The van der Waals surface area contributed by atoms with Gasteiger partial charge in [0.15, 0.2) is 0 Å². The molecular formula is C3H7LiO4. The molecule has 0 aliphatic heterocycles. The van der Waals surface area contributed by atoms with Gasteiger partial charge in [0, 0.05) is 6.92 Å². The molecule has 5 heteroatoms. The van der Waals surface area contributed by atoms with E-state index in [1.54, 1.807) is 0 Å². The summed E-state index contributed by atoms with van der Waals surface area (Å²) in [5, 5.41) is 14.3. The van der Waals surface area contributed by atoms with Gasteiger partial charge >= 0.3 is 18.9 Å². The maximum atomic E-state index is 9.00. The van der Waals surface area contributed by atoms with E-state index in [2.05, 4.69) is 0 Å². The summed E-state index contributed by atoms with van der Waals surface area (Å²) >= 11 is 0. The van der Waals surface area contributed by atoms with Crippen molar-refractivity contribution in [3.8, 4) is 0 Å². The number of carboxylic acids is 1. The first-order valence-electron chi connectivity index (χ1n) is 1.42. The first kappa shape index (κ1) is 15.6. The van der Waals surface area contributed by atoms with Crippen molar-refractivity contribution in [2.45, 2.75) is 6.92 Å². The summed E-state index contributed by atoms with van der Waals surface area (Å²) in [6.45, 7) is 0.833.